The SMILES string of the molecule is CCN(C)CN(C)C.Cc1c2ccccc2c(C)c2ccccc12. The quantitative estimate of drug-likeness (QED) is 0.491. The van der Waals surface area contributed by atoms with Gasteiger partial charge < -0.3 is 0 Å². The average molecular weight is 322 g/mol. The van der Waals surface area contributed by atoms with Crippen LogP contribution in [0.1, 0.15) is 18.1 Å². The molecule has 0 aromatic heterocycles. The molecule has 0 heterocycles. The fourth-order valence-electron chi connectivity index (χ4n) is 3.15. The van der Waals surface area contributed by atoms with E-state index in [2.05, 4.69) is 100 Å². The van der Waals surface area contributed by atoms with Crippen LogP contribution in [0.2, 0.25) is 0 Å². The van der Waals surface area contributed by atoms with Crippen LogP contribution in [-0.2, 0) is 0 Å². The highest BCUT2D eigenvalue weighted by Gasteiger charge is 2.06. The Hall–Kier alpha value is -1.90. The van der Waals surface area contributed by atoms with Gasteiger partial charge in [-0.2, -0.15) is 0 Å². The minimum atomic E-state index is 1.05. The van der Waals surface area contributed by atoms with Crippen LogP contribution in [0.4, 0.5) is 0 Å². The fourth-order valence-corrected chi connectivity index (χ4v) is 3.15. The van der Waals surface area contributed by atoms with E-state index in [0.717, 1.165) is 13.2 Å². The Morgan fingerprint density at radius 3 is 1.21 bits per heavy atom. The summed E-state index contributed by atoms with van der Waals surface area (Å²) in [6.45, 7) is 8.76. The van der Waals surface area contributed by atoms with Crippen LogP contribution >= 0.6 is 0 Å². The maximum atomic E-state index is 2.25. The highest BCUT2D eigenvalue weighted by atomic mass is 15.3. The number of aryl methyl sites for hydroxylation is 2. The molecule has 3 aromatic rings. The molecule has 0 spiro atoms. The van der Waals surface area contributed by atoms with Crippen molar-refractivity contribution in [3.05, 3.63) is 59.7 Å². The molecule has 2 heteroatoms. The lowest BCUT2D eigenvalue weighted by Gasteiger charge is -2.18. The first kappa shape index (κ1) is 18.4. The number of fused-ring (bicyclic) bond motifs is 2. The lowest BCUT2D eigenvalue weighted by atomic mass is 9.93. The molecule has 0 unspecified atom stereocenters. The number of benzene rings is 3. The van der Waals surface area contributed by atoms with Gasteiger partial charge in [0.1, 0.15) is 0 Å². The zero-order chi connectivity index (χ0) is 17.7. The second kappa shape index (κ2) is 8.27. The van der Waals surface area contributed by atoms with E-state index >= 15 is 0 Å². The molecule has 0 N–H and O–H groups in total. The molecule has 3 aromatic carbocycles. The van der Waals surface area contributed by atoms with E-state index < -0.39 is 0 Å². The Labute approximate surface area is 146 Å². The minimum absolute atomic E-state index is 1.05. The number of hydrogen-bond acceptors (Lipinski definition) is 2. The molecule has 0 fully saturated rings. The van der Waals surface area contributed by atoms with Crippen molar-refractivity contribution in [2.45, 2.75) is 20.8 Å². The zero-order valence-electron chi connectivity index (χ0n) is 15.9. The smallest absolute Gasteiger partial charge is 0.0497 e. The van der Waals surface area contributed by atoms with Crippen molar-refractivity contribution in [1.29, 1.82) is 0 Å². The lowest BCUT2D eigenvalue weighted by molar-refractivity contribution is 0.219. The summed E-state index contributed by atoms with van der Waals surface area (Å²) < 4.78 is 0. The van der Waals surface area contributed by atoms with Gasteiger partial charge in [0, 0.05) is 6.67 Å². The van der Waals surface area contributed by atoms with Crippen molar-refractivity contribution in [3.8, 4) is 0 Å². The molecular formula is C22H30N2. The van der Waals surface area contributed by atoms with Crippen LogP contribution in [0.5, 0.6) is 0 Å². The molecule has 0 atom stereocenters. The summed E-state index contributed by atoms with van der Waals surface area (Å²) in [7, 11) is 6.26. The van der Waals surface area contributed by atoms with Gasteiger partial charge in [-0.05, 0) is 74.2 Å². The van der Waals surface area contributed by atoms with Crippen molar-refractivity contribution in [2.24, 2.45) is 0 Å². The average Bonchev–Trinajstić information content (AvgIpc) is 2.59. The van der Waals surface area contributed by atoms with Gasteiger partial charge in [0.25, 0.3) is 0 Å². The van der Waals surface area contributed by atoms with Gasteiger partial charge in [0.2, 0.25) is 0 Å². The summed E-state index contributed by atoms with van der Waals surface area (Å²) >= 11 is 0. The summed E-state index contributed by atoms with van der Waals surface area (Å²) in [4.78, 5) is 4.41. The Morgan fingerprint density at radius 1 is 0.667 bits per heavy atom. The summed E-state index contributed by atoms with van der Waals surface area (Å²) in [6.07, 6.45) is 0. The molecule has 0 aliphatic heterocycles. The first-order valence-corrected chi connectivity index (χ1v) is 8.65. The van der Waals surface area contributed by atoms with E-state index in [-0.39, 0.29) is 0 Å². The summed E-state index contributed by atoms with van der Waals surface area (Å²) in [5, 5.41) is 5.50. The van der Waals surface area contributed by atoms with Gasteiger partial charge in [-0.3, -0.25) is 9.80 Å². The molecule has 0 aliphatic carbocycles. The molecular weight excluding hydrogens is 292 g/mol. The standard InChI is InChI=1S/C16H14.C6H16N2/c1-11-13-7-3-5-9-15(13)12(2)16-10-6-4-8-14(11)16;1-5-8(4)6-7(2)3/h3-10H,1-2H3;5-6H2,1-4H3. The monoisotopic (exact) mass is 322 g/mol. The van der Waals surface area contributed by atoms with Crippen molar-refractivity contribution in [3.63, 3.8) is 0 Å². The van der Waals surface area contributed by atoms with E-state index in [1.807, 2.05) is 0 Å². The van der Waals surface area contributed by atoms with E-state index in [9.17, 15) is 0 Å². The van der Waals surface area contributed by atoms with Crippen LogP contribution in [0.3, 0.4) is 0 Å². The largest absolute Gasteiger partial charge is 0.297 e. The molecule has 2 nitrogen and oxygen atoms in total. The van der Waals surface area contributed by atoms with Crippen molar-refractivity contribution in [2.75, 3.05) is 34.4 Å². The Kier molecular flexibility index (Phi) is 6.36. The van der Waals surface area contributed by atoms with Crippen molar-refractivity contribution >= 4 is 21.5 Å². The summed E-state index contributed by atoms with van der Waals surface area (Å²) in [5.41, 5.74) is 2.77. The highest BCUT2D eigenvalue weighted by molar-refractivity contribution is 6.05. The normalized spacial score (nSPS) is 11.2. The van der Waals surface area contributed by atoms with Crippen molar-refractivity contribution in [1.82, 2.24) is 9.80 Å². The minimum Gasteiger partial charge on any atom is -0.297 e. The van der Waals surface area contributed by atoms with Gasteiger partial charge in [-0.25, -0.2) is 0 Å². The topological polar surface area (TPSA) is 6.48 Å². The zero-order valence-corrected chi connectivity index (χ0v) is 15.9. The second-order valence-corrected chi connectivity index (χ2v) is 6.73. The fraction of sp³-hybridized carbons (Fsp3) is 0.364. The molecule has 0 radical (unpaired) electrons. The van der Waals surface area contributed by atoms with Crippen LogP contribution in [0.15, 0.2) is 48.5 Å². The van der Waals surface area contributed by atoms with Gasteiger partial charge >= 0.3 is 0 Å². The highest BCUT2D eigenvalue weighted by Crippen LogP contribution is 2.31. The molecule has 0 bridgehead atoms. The Balaban J connectivity index is 0.000000224. The molecule has 0 aliphatic rings. The number of nitrogens with zero attached hydrogens (tertiary/aromatic N) is 2. The Bertz CT molecular complexity index is 689. The van der Waals surface area contributed by atoms with Gasteiger partial charge in [0.05, 0.1) is 0 Å². The first-order chi connectivity index (χ1) is 11.5. The number of hydrogen-bond donors (Lipinski definition) is 0. The second-order valence-electron chi connectivity index (χ2n) is 6.73. The molecule has 3 rings (SSSR count). The predicted molar refractivity (Wildman–Crippen MR) is 108 cm³/mol. The maximum absolute atomic E-state index is 2.25. The third-order valence-electron chi connectivity index (χ3n) is 4.53. The molecule has 0 saturated carbocycles. The van der Waals surface area contributed by atoms with Gasteiger partial charge in [-0.15, -0.1) is 0 Å². The molecule has 128 valence electrons. The van der Waals surface area contributed by atoms with E-state index in [4.69, 9.17) is 0 Å². The van der Waals surface area contributed by atoms with E-state index in [1.165, 1.54) is 32.7 Å². The summed E-state index contributed by atoms with van der Waals surface area (Å²) in [6, 6.07) is 17.3. The van der Waals surface area contributed by atoms with Crippen LogP contribution in [0, 0.1) is 13.8 Å². The van der Waals surface area contributed by atoms with Gasteiger partial charge in [-0.1, -0.05) is 55.5 Å². The molecule has 0 saturated heterocycles. The van der Waals surface area contributed by atoms with Crippen LogP contribution in [0.25, 0.3) is 21.5 Å². The third kappa shape index (κ3) is 4.14. The van der Waals surface area contributed by atoms with E-state index in [0.29, 0.717) is 0 Å². The van der Waals surface area contributed by atoms with Gasteiger partial charge in [0.15, 0.2) is 0 Å². The number of rotatable bonds is 3. The first-order valence-electron chi connectivity index (χ1n) is 8.65. The van der Waals surface area contributed by atoms with E-state index in [1.54, 1.807) is 0 Å². The van der Waals surface area contributed by atoms with Crippen LogP contribution in [-0.4, -0.2) is 44.2 Å². The third-order valence-corrected chi connectivity index (χ3v) is 4.53. The van der Waals surface area contributed by atoms with Crippen LogP contribution < -0.4 is 0 Å². The lowest BCUT2D eigenvalue weighted by Crippen LogP contribution is -2.29. The van der Waals surface area contributed by atoms with Crippen molar-refractivity contribution < 1.29 is 0 Å². The summed E-state index contributed by atoms with van der Waals surface area (Å²) in [5.74, 6) is 0. The molecule has 0 amide bonds. The maximum Gasteiger partial charge on any atom is 0.0497 e. The predicted octanol–water partition coefficient (Wildman–Crippen LogP) is 5.07. The Morgan fingerprint density at radius 2 is 1.00 bits per heavy atom. The molecule has 24 heavy (non-hydrogen) atoms.